The Morgan fingerprint density at radius 3 is 2.88 bits per heavy atom. The first-order valence-corrected chi connectivity index (χ1v) is 6.56. The van der Waals surface area contributed by atoms with Gasteiger partial charge in [-0.3, -0.25) is 0 Å². The second kappa shape index (κ2) is 5.50. The van der Waals surface area contributed by atoms with Gasteiger partial charge in [-0.25, -0.2) is 0 Å². The number of methoxy groups -OCH3 is 1. The average Bonchev–Trinajstić information content (AvgIpc) is 2.18. The van der Waals surface area contributed by atoms with Crippen molar-refractivity contribution in [2.45, 2.75) is 31.5 Å². The molecule has 0 atom stereocenters. The number of rotatable bonds is 4. The van der Waals surface area contributed by atoms with E-state index in [0.717, 1.165) is 28.9 Å². The zero-order valence-corrected chi connectivity index (χ0v) is 11.5. The molecule has 16 heavy (non-hydrogen) atoms. The molecule has 1 fully saturated rings. The molecule has 1 saturated carbocycles. The second-order valence-electron chi connectivity index (χ2n) is 4.14. The van der Waals surface area contributed by atoms with Gasteiger partial charge in [0.2, 0.25) is 0 Å². The summed E-state index contributed by atoms with van der Waals surface area (Å²) in [6, 6.07) is 6.48. The van der Waals surface area contributed by atoms with Crippen LogP contribution >= 0.6 is 27.5 Å². The Hall–Kier alpha value is -0.0900. The van der Waals surface area contributed by atoms with Crippen molar-refractivity contribution >= 4 is 27.5 Å². The van der Waals surface area contributed by atoms with E-state index in [9.17, 15) is 0 Å². The lowest BCUT2D eigenvalue weighted by Crippen LogP contribution is -2.44. The first-order chi connectivity index (χ1) is 7.69. The van der Waals surface area contributed by atoms with Gasteiger partial charge in [0, 0.05) is 29.2 Å². The van der Waals surface area contributed by atoms with Crippen LogP contribution in [0.2, 0.25) is 5.02 Å². The monoisotopic (exact) mass is 303 g/mol. The molecular weight excluding hydrogens is 289 g/mol. The molecule has 0 aromatic heterocycles. The minimum Gasteiger partial charge on any atom is -0.381 e. The molecule has 1 N–H and O–H groups in total. The van der Waals surface area contributed by atoms with Gasteiger partial charge in [0.15, 0.2) is 0 Å². The highest BCUT2D eigenvalue weighted by Gasteiger charge is 2.28. The van der Waals surface area contributed by atoms with E-state index in [-0.39, 0.29) is 0 Å². The van der Waals surface area contributed by atoms with E-state index in [2.05, 4.69) is 21.2 Å². The van der Waals surface area contributed by atoms with Crippen LogP contribution in [-0.4, -0.2) is 19.3 Å². The minimum absolute atomic E-state index is 0.450. The molecule has 1 aliphatic rings. The topological polar surface area (TPSA) is 21.3 Å². The Balaban J connectivity index is 1.82. The summed E-state index contributed by atoms with van der Waals surface area (Å²) in [5.41, 5.74) is 1.24. The predicted molar refractivity (Wildman–Crippen MR) is 69.8 cm³/mol. The maximum absolute atomic E-state index is 5.89. The summed E-state index contributed by atoms with van der Waals surface area (Å²) >= 11 is 9.40. The van der Waals surface area contributed by atoms with Crippen molar-refractivity contribution < 1.29 is 4.74 Å². The van der Waals surface area contributed by atoms with Gasteiger partial charge < -0.3 is 10.1 Å². The fourth-order valence-electron chi connectivity index (χ4n) is 1.84. The molecule has 88 valence electrons. The second-order valence-corrected chi connectivity index (χ2v) is 5.43. The number of nitrogens with one attached hydrogen (secondary N) is 1. The lowest BCUT2D eigenvalue weighted by molar-refractivity contribution is 0.0170. The molecule has 0 spiro atoms. The van der Waals surface area contributed by atoms with Crippen molar-refractivity contribution in [3.63, 3.8) is 0 Å². The molecule has 0 unspecified atom stereocenters. The SMILES string of the molecule is COC1CC(NCc2ccc(Cl)cc2Br)C1. The Morgan fingerprint density at radius 1 is 1.50 bits per heavy atom. The number of hydrogen-bond acceptors (Lipinski definition) is 2. The zero-order chi connectivity index (χ0) is 11.5. The van der Waals surface area contributed by atoms with Crippen molar-refractivity contribution in [3.05, 3.63) is 33.3 Å². The lowest BCUT2D eigenvalue weighted by Gasteiger charge is -2.34. The zero-order valence-electron chi connectivity index (χ0n) is 9.17. The van der Waals surface area contributed by atoms with Crippen molar-refractivity contribution in [2.24, 2.45) is 0 Å². The molecule has 0 radical (unpaired) electrons. The third-order valence-electron chi connectivity index (χ3n) is 3.02. The van der Waals surface area contributed by atoms with E-state index in [1.807, 2.05) is 18.2 Å². The van der Waals surface area contributed by atoms with Crippen LogP contribution in [0, 0.1) is 0 Å². The van der Waals surface area contributed by atoms with E-state index < -0.39 is 0 Å². The first kappa shape index (κ1) is 12.4. The first-order valence-electron chi connectivity index (χ1n) is 5.39. The van der Waals surface area contributed by atoms with E-state index in [0.29, 0.717) is 12.1 Å². The molecular formula is C12H15BrClNO. The highest BCUT2D eigenvalue weighted by Crippen LogP contribution is 2.25. The summed E-state index contributed by atoms with van der Waals surface area (Å²) in [5, 5.41) is 4.27. The van der Waals surface area contributed by atoms with Crippen LogP contribution in [0.5, 0.6) is 0 Å². The van der Waals surface area contributed by atoms with Gasteiger partial charge in [0.1, 0.15) is 0 Å². The van der Waals surface area contributed by atoms with Crippen LogP contribution < -0.4 is 5.32 Å². The largest absolute Gasteiger partial charge is 0.381 e. The normalized spacial score (nSPS) is 24.2. The number of benzene rings is 1. The van der Waals surface area contributed by atoms with Gasteiger partial charge in [0.25, 0.3) is 0 Å². The molecule has 1 aliphatic carbocycles. The highest BCUT2D eigenvalue weighted by atomic mass is 79.9. The predicted octanol–water partition coefficient (Wildman–Crippen LogP) is 3.37. The van der Waals surface area contributed by atoms with Crippen molar-refractivity contribution in [3.8, 4) is 0 Å². The smallest absolute Gasteiger partial charge is 0.0601 e. The molecule has 0 amide bonds. The maximum Gasteiger partial charge on any atom is 0.0601 e. The lowest BCUT2D eigenvalue weighted by atomic mass is 9.89. The molecule has 0 aliphatic heterocycles. The Labute approximate surface area is 109 Å². The Morgan fingerprint density at radius 2 is 2.25 bits per heavy atom. The van der Waals surface area contributed by atoms with Crippen molar-refractivity contribution in [2.75, 3.05) is 7.11 Å². The molecule has 0 saturated heterocycles. The third kappa shape index (κ3) is 2.98. The van der Waals surface area contributed by atoms with Crippen LogP contribution in [0.3, 0.4) is 0 Å². The summed E-state index contributed by atoms with van der Waals surface area (Å²) in [6.45, 7) is 0.874. The third-order valence-corrected chi connectivity index (χ3v) is 4.00. The fraction of sp³-hybridized carbons (Fsp3) is 0.500. The van der Waals surface area contributed by atoms with Gasteiger partial charge >= 0.3 is 0 Å². The van der Waals surface area contributed by atoms with Crippen LogP contribution in [0.4, 0.5) is 0 Å². The van der Waals surface area contributed by atoms with Gasteiger partial charge in [0.05, 0.1) is 6.10 Å². The molecule has 2 nitrogen and oxygen atoms in total. The summed E-state index contributed by atoms with van der Waals surface area (Å²) in [4.78, 5) is 0. The van der Waals surface area contributed by atoms with Gasteiger partial charge in [-0.2, -0.15) is 0 Å². The van der Waals surface area contributed by atoms with Crippen LogP contribution in [-0.2, 0) is 11.3 Å². The van der Waals surface area contributed by atoms with E-state index in [1.165, 1.54) is 5.56 Å². The summed E-state index contributed by atoms with van der Waals surface area (Å²) in [7, 11) is 1.77. The number of halogens is 2. The van der Waals surface area contributed by atoms with Crippen LogP contribution in [0.25, 0.3) is 0 Å². The molecule has 0 bridgehead atoms. The van der Waals surface area contributed by atoms with Gasteiger partial charge in [-0.15, -0.1) is 0 Å². The van der Waals surface area contributed by atoms with Crippen LogP contribution in [0.1, 0.15) is 18.4 Å². The maximum atomic E-state index is 5.89. The molecule has 1 aromatic carbocycles. The fourth-order valence-corrected chi connectivity index (χ4v) is 2.67. The quantitative estimate of drug-likeness (QED) is 0.921. The average molecular weight is 305 g/mol. The molecule has 4 heteroatoms. The number of ether oxygens (including phenoxy) is 1. The van der Waals surface area contributed by atoms with Gasteiger partial charge in [-0.1, -0.05) is 33.6 Å². The standard InChI is InChI=1S/C12H15BrClNO/c1-16-11-5-10(6-11)15-7-8-2-3-9(14)4-12(8)13/h2-4,10-11,15H,5-7H2,1H3. The van der Waals surface area contributed by atoms with E-state index in [1.54, 1.807) is 7.11 Å². The molecule has 2 rings (SSSR count). The number of hydrogen-bond donors (Lipinski definition) is 1. The van der Waals surface area contributed by atoms with E-state index >= 15 is 0 Å². The summed E-state index contributed by atoms with van der Waals surface area (Å²) in [5.74, 6) is 0. The highest BCUT2D eigenvalue weighted by molar-refractivity contribution is 9.10. The summed E-state index contributed by atoms with van der Waals surface area (Å²) < 4.78 is 6.31. The van der Waals surface area contributed by atoms with Crippen molar-refractivity contribution in [1.82, 2.24) is 5.32 Å². The van der Waals surface area contributed by atoms with Crippen LogP contribution in [0.15, 0.2) is 22.7 Å². The minimum atomic E-state index is 0.450. The molecule has 1 aromatic rings. The molecule has 0 heterocycles. The Bertz CT molecular complexity index is 366. The van der Waals surface area contributed by atoms with Gasteiger partial charge in [-0.05, 0) is 30.5 Å². The Kier molecular flexibility index (Phi) is 4.25. The van der Waals surface area contributed by atoms with Crippen molar-refractivity contribution in [1.29, 1.82) is 0 Å². The van der Waals surface area contributed by atoms with E-state index in [4.69, 9.17) is 16.3 Å². The summed E-state index contributed by atoms with van der Waals surface area (Å²) in [6.07, 6.45) is 2.68.